The number of aryl methyl sites for hydroxylation is 1. The highest BCUT2D eigenvalue weighted by molar-refractivity contribution is 6.10. The summed E-state index contributed by atoms with van der Waals surface area (Å²) in [5.74, 6) is 1.44. The van der Waals surface area contributed by atoms with E-state index in [1.54, 1.807) is 0 Å². The van der Waals surface area contributed by atoms with Gasteiger partial charge in [-0.25, -0.2) is 9.97 Å². The molecule has 3 heterocycles. The van der Waals surface area contributed by atoms with Gasteiger partial charge in [0, 0.05) is 25.2 Å². The van der Waals surface area contributed by atoms with Crippen LogP contribution in [0.25, 0.3) is 11.1 Å². The number of amides is 1. The largest absolute Gasteiger partial charge is 0.442 e. The summed E-state index contributed by atoms with van der Waals surface area (Å²) in [5.41, 5.74) is 1.11. The van der Waals surface area contributed by atoms with Crippen LogP contribution in [0.15, 0.2) is 10.7 Å². The Morgan fingerprint density at radius 1 is 1.18 bits per heavy atom. The molecule has 4 rings (SSSR count). The third-order valence-electron chi connectivity index (χ3n) is 5.93. The average Bonchev–Trinajstić information content (AvgIpc) is 3.05. The predicted molar refractivity (Wildman–Crippen MR) is 108 cm³/mol. The number of furan rings is 1. The number of ether oxygens (including phenoxy) is 1. The Morgan fingerprint density at radius 3 is 2.57 bits per heavy atom. The molecular formula is C21H30N4O3. The molecule has 7 heteroatoms. The van der Waals surface area contributed by atoms with Crippen molar-refractivity contribution in [1.82, 2.24) is 14.9 Å². The van der Waals surface area contributed by atoms with Crippen LogP contribution in [-0.4, -0.2) is 59.2 Å². The van der Waals surface area contributed by atoms with Gasteiger partial charge in [0.25, 0.3) is 5.91 Å². The molecule has 1 amide bonds. The van der Waals surface area contributed by atoms with Crippen molar-refractivity contribution >= 4 is 22.8 Å². The van der Waals surface area contributed by atoms with Gasteiger partial charge < -0.3 is 19.0 Å². The zero-order valence-electron chi connectivity index (χ0n) is 17.1. The minimum atomic E-state index is 0.0439. The lowest BCUT2D eigenvalue weighted by Gasteiger charge is -2.37. The average molecular weight is 386 g/mol. The highest BCUT2D eigenvalue weighted by Gasteiger charge is 2.33. The molecule has 2 aromatic heterocycles. The van der Waals surface area contributed by atoms with Gasteiger partial charge in [0.2, 0.25) is 5.71 Å². The number of carbonyl (C=O) groups excluding carboxylic acids is 1. The molecule has 7 nitrogen and oxygen atoms in total. The maximum absolute atomic E-state index is 13.8. The zero-order valence-corrected chi connectivity index (χ0v) is 17.1. The molecule has 1 aliphatic heterocycles. The Morgan fingerprint density at radius 2 is 1.89 bits per heavy atom. The topological polar surface area (TPSA) is 71.7 Å². The number of rotatable bonds is 4. The van der Waals surface area contributed by atoms with Crippen molar-refractivity contribution < 1.29 is 13.9 Å². The summed E-state index contributed by atoms with van der Waals surface area (Å²) in [6.45, 7) is 8.88. The van der Waals surface area contributed by atoms with E-state index in [9.17, 15) is 4.79 Å². The quantitative estimate of drug-likeness (QED) is 0.800. The summed E-state index contributed by atoms with van der Waals surface area (Å²) in [6.07, 6.45) is 7.31. The lowest BCUT2D eigenvalue weighted by atomic mass is 9.92. The molecule has 0 bridgehead atoms. The minimum Gasteiger partial charge on any atom is -0.442 e. The first kappa shape index (κ1) is 19.2. The summed E-state index contributed by atoms with van der Waals surface area (Å²) < 4.78 is 11.4. The normalized spacial score (nSPS) is 18.8. The van der Waals surface area contributed by atoms with E-state index < -0.39 is 0 Å². The lowest BCUT2D eigenvalue weighted by molar-refractivity contribution is 0.0555. The molecule has 28 heavy (non-hydrogen) atoms. The van der Waals surface area contributed by atoms with Crippen molar-refractivity contribution in [3.8, 4) is 0 Å². The van der Waals surface area contributed by atoms with E-state index in [-0.39, 0.29) is 11.9 Å². The van der Waals surface area contributed by atoms with Crippen LogP contribution in [0, 0.1) is 6.92 Å². The van der Waals surface area contributed by atoms with Gasteiger partial charge in [0.1, 0.15) is 17.9 Å². The van der Waals surface area contributed by atoms with Crippen LogP contribution in [0.3, 0.4) is 0 Å². The standard InChI is InChI=1S/C21H30N4O3/c1-14(2)25(16-7-5-4-6-8-16)21(26)17-15(3)28-20-18(17)19(22-13-23-20)24-9-11-27-12-10-24/h13-14,16H,4-12H2,1-3H3. The lowest BCUT2D eigenvalue weighted by Crippen LogP contribution is -2.46. The number of hydrogen-bond acceptors (Lipinski definition) is 6. The van der Waals surface area contributed by atoms with Gasteiger partial charge in [-0.2, -0.15) is 0 Å². The van der Waals surface area contributed by atoms with Crippen molar-refractivity contribution in [2.24, 2.45) is 0 Å². The van der Waals surface area contributed by atoms with Crippen molar-refractivity contribution in [3.05, 3.63) is 17.7 Å². The Bertz CT molecular complexity index is 836. The maximum Gasteiger partial charge on any atom is 0.258 e. The minimum absolute atomic E-state index is 0.0439. The van der Waals surface area contributed by atoms with Gasteiger partial charge in [-0.15, -0.1) is 0 Å². The van der Waals surface area contributed by atoms with Crippen LogP contribution in [-0.2, 0) is 4.74 Å². The second-order valence-corrected chi connectivity index (χ2v) is 8.11. The first-order valence-electron chi connectivity index (χ1n) is 10.5. The summed E-state index contributed by atoms with van der Waals surface area (Å²) in [6, 6.07) is 0.429. The number of anilines is 1. The van der Waals surface area contributed by atoms with Gasteiger partial charge in [0.15, 0.2) is 0 Å². The van der Waals surface area contributed by atoms with E-state index in [2.05, 4.69) is 33.6 Å². The molecule has 0 spiro atoms. The van der Waals surface area contributed by atoms with E-state index in [4.69, 9.17) is 9.15 Å². The van der Waals surface area contributed by atoms with E-state index in [1.165, 1.54) is 25.6 Å². The van der Waals surface area contributed by atoms with Crippen molar-refractivity contribution in [2.75, 3.05) is 31.2 Å². The fourth-order valence-electron chi connectivity index (χ4n) is 4.61. The highest BCUT2D eigenvalue weighted by Crippen LogP contribution is 2.34. The van der Waals surface area contributed by atoms with E-state index >= 15 is 0 Å². The van der Waals surface area contributed by atoms with Crippen LogP contribution >= 0.6 is 0 Å². The smallest absolute Gasteiger partial charge is 0.258 e. The number of morpholine rings is 1. The summed E-state index contributed by atoms with van der Waals surface area (Å²) >= 11 is 0. The predicted octanol–water partition coefficient (Wildman–Crippen LogP) is 3.55. The second kappa shape index (κ2) is 8.07. The first-order chi connectivity index (χ1) is 13.6. The molecule has 0 unspecified atom stereocenters. The van der Waals surface area contributed by atoms with Crippen LogP contribution in [0.4, 0.5) is 5.82 Å². The number of aromatic nitrogens is 2. The molecular weight excluding hydrogens is 356 g/mol. The zero-order chi connectivity index (χ0) is 19.7. The van der Waals surface area contributed by atoms with Gasteiger partial charge in [-0.05, 0) is 33.6 Å². The second-order valence-electron chi connectivity index (χ2n) is 8.11. The van der Waals surface area contributed by atoms with Crippen molar-refractivity contribution in [3.63, 3.8) is 0 Å². The fraction of sp³-hybridized carbons (Fsp3) is 0.667. The van der Waals surface area contributed by atoms with Gasteiger partial charge in [-0.1, -0.05) is 19.3 Å². The van der Waals surface area contributed by atoms with Crippen LogP contribution in [0.2, 0.25) is 0 Å². The van der Waals surface area contributed by atoms with Crippen LogP contribution < -0.4 is 4.90 Å². The van der Waals surface area contributed by atoms with Gasteiger partial charge in [0.05, 0.1) is 24.2 Å². The number of carbonyl (C=O) groups is 1. The Hall–Kier alpha value is -2.15. The summed E-state index contributed by atoms with van der Waals surface area (Å²) in [7, 11) is 0. The highest BCUT2D eigenvalue weighted by atomic mass is 16.5. The Balaban J connectivity index is 1.78. The molecule has 2 fully saturated rings. The third-order valence-corrected chi connectivity index (χ3v) is 5.93. The van der Waals surface area contributed by atoms with Crippen molar-refractivity contribution in [2.45, 2.75) is 65.0 Å². The first-order valence-corrected chi connectivity index (χ1v) is 10.5. The fourth-order valence-corrected chi connectivity index (χ4v) is 4.61. The molecule has 1 saturated carbocycles. The van der Waals surface area contributed by atoms with Gasteiger partial charge in [-0.3, -0.25) is 4.79 Å². The van der Waals surface area contributed by atoms with E-state index in [1.807, 2.05) is 6.92 Å². The monoisotopic (exact) mass is 386 g/mol. The Kier molecular flexibility index (Phi) is 5.53. The van der Waals surface area contributed by atoms with E-state index in [0.29, 0.717) is 36.3 Å². The molecule has 0 atom stereocenters. The molecule has 1 saturated heterocycles. The van der Waals surface area contributed by atoms with Gasteiger partial charge >= 0.3 is 0 Å². The molecule has 152 valence electrons. The maximum atomic E-state index is 13.8. The number of nitrogens with zero attached hydrogens (tertiary/aromatic N) is 4. The Labute approximate surface area is 166 Å². The summed E-state index contributed by atoms with van der Waals surface area (Å²) in [4.78, 5) is 26.9. The van der Waals surface area contributed by atoms with Crippen LogP contribution in [0.1, 0.15) is 62.1 Å². The molecule has 0 aromatic carbocycles. The number of hydrogen-bond donors (Lipinski definition) is 0. The SMILES string of the molecule is Cc1oc2ncnc(N3CCOCC3)c2c1C(=O)N(C(C)C)C1CCCCC1. The van der Waals surface area contributed by atoms with E-state index in [0.717, 1.165) is 37.1 Å². The molecule has 2 aliphatic rings. The molecule has 0 radical (unpaired) electrons. The molecule has 2 aromatic rings. The van der Waals surface area contributed by atoms with Crippen LogP contribution in [0.5, 0.6) is 0 Å². The number of fused-ring (bicyclic) bond motifs is 1. The van der Waals surface area contributed by atoms with Crippen molar-refractivity contribution in [1.29, 1.82) is 0 Å². The molecule has 0 N–H and O–H groups in total. The summed E-state index contributed by atoms with van der Waals surface area (Å²) in [5, 5.41) is 0.744. The third kappa shape index (κ3) is 3.48. The molecule has 1 aliphatic carbocycles.